The highest BCUT2D eigenvalue weighted by Crippen LogP contribution is 2.36. The topological polar surface area (TPSA) is 67.7 Å². The number of anilines is 1. The summed E-state index contributed by atoms with van der Waals surface area (Å²) in [6.07, 6.45) is 7.95. The summed E-state index contributed by atoms with van der Waals surface area (Å²) >= 11 is 1.35. The van der Waals surface area contributed by atoms with Crippen LogP contribution in [0.15, 0.2) is 41.5 Å². The van der Waals surface area contributed by atoms with E-state index in [1.165, 1.54) is 24.2 Å². The van der Waals surface area contributed by atoms with Gasteiger partial charge >= 0.3 is 0 Å². The van der Waals surface area contributed by atoms with E-state index in [0.717, 1.165) is 35.7 Å². The fourth-order valence-corrected chi connectivity index (χ4v) is 6.52. The van der Waals surface area contributed by atoms with Gasteiger partial charge in [0.25, 0.3) is 5.56 Å². The normalized spacial score (nSPS) is 25.7. The molecule has 3 aliphatic heterocycles. The van der Waals surface area contributed by atoms with Crippen molar-refractivity contribution in [1.82, 2.24) is 14.5 Å². The molecule has 0 radical (unpaired) electrons. The molecule has 0 saturated carbocycles. The van der Waals surface area contributed by atoms with E-state index in [1.807, 2.05) is 30.3 Å². The van der Waals surface area contributed by atoms with Crippen LogP contribution in [0, 0.1) is 0 Å². The van der Waals surface area contributed by atoms with Gasteiger partial charge in [-0.3, -0.25) is 14.2 Å². The Morgan fingerprint density at radius 1 is 1.09 bits per heavy atom. The van der Waals surface area contributed by atoms with Crippen LogP contribution in [0.2, 0.25) is 0 Å². The minimum atomic E-state index is -0.113. The van der Waals surface area contributed by atoms with E-state index >= 15 is 0 Å². The highest BCUT2D eigenvalue weighted by Gasteiger charge is 2.39. The molecular formula is C24H26N4O3S. The van der Waals surface area contributed by atoms with Crippen molar-refractivity contribution in [3.63, 3.8) is 0 Å². The first-order valence-corrected chi connectivity index (χ1v) is 12.2. The second kappa shape index (κ2) is 7.71. The van der Waals surface area contributed by atoms with Crippen LogP contribution in [0.5, 0.6) is 5.75 Å². The molecule has 1 amide bonds. The van der Waals surface area contributed by atoms with Crippen LogP contribution in [0.3, 0.4) is 0 Å². The van der Waals surface area contributed by atoms with Crippen molar-refractivity contribution in [3.05, 3.63) is 47.0 Å². The molecule has 3 fully saturated rings. The zero-order valence-electron chi connectivity index (χ0n) is 18.1. The van der Waals surface area contributed by atoms with E-state index in [2.05, 4.69) is 16.9 Å². The molecule has 3 aliphatic rings. The molecule has 2 aromatic heterocycles. The second-order valence-electron chi connectivity index (χ2n) is 9.12. The maximum atomic E-state index is 13.1. The molecule has 0 N–H and O–H groups in total. The Bertz CT molecular complexity index is 1220. The van der Waals surface area contributed by atoms with Crippen LogP contribution in [0.4, 0.5) is 5.00 Å². The monoisotopic (exact) mass is 450 g/mol. The van der Waals surface area contributed by atoms with Gasteiger partial charge in [0.05, 0.1) is 11.2 Å². The Hall–Kier alpha value is -2.71. The Morgan fingerprint density at radius 3 is 2.53 bits per heavy atom. The van der Waals surface area contributed by atoms with Gasteiger partial charge in [-0.2, -0.15) is 0 Å². The lowest BCUT2D eigenvalue weighted by Gasteiger charge is -2.36. The van der Waals surface area contributed by atoms with Gasteiger partial charge in [-0.05, 0) is 69.5 Å². The number of hydrogen-bond donors (Lipinski definition) is 0. The van der Waals surface area contributed by atoms with Gasteiger partial charge in [0.2, 0.25) is 5.91 Å². The van der Waals surface area contributed by atoms with Gasteiger partial charge in [-0.1, -0.05) is 0 Å². The first-order valence-electron chi connectivity index (χ1n) is 11.4. The quantitative estimate of drug-likeness (QED) is 0.608. The first-order chi connectivity index (χ1) is 15.6. The number of ether oxygens (including phenoxy) is 1. The molecular weight excluding hydrogens is 424 g/mol. The Kier molecular flexibility index (Phi) is 4.80. The molecule has 166 valence electrons. The van der Waals surface area contributed by atoms with Crippen molar-refractivity contribution in [2.75, 3.05) is 18.5 Å². The summed E-state index contributed by atoms with van der Waals surface area (Å²) in [6.45, 7) is 0.708. The summed E-state index contributed by atoms with van der Waals surface area (Å²) in [4.78, 5) is 34.0. The standard InChI is InChI=1S/C24H26N4O3S/c1-26-16-4-5-17(26)12-19(11-16)31-18-8-6-15(7-9-18)28-14-25-20-13-22(32-23(20)24(28)30)27-10-2-3-21(27)29/h6-9,13-14,16-17,19H,2-5,10-12H2,1H3/t16-,17+,19?. The zero-order chi connectivity index (χ0) is 21.8. The van der Waals surface area contributed by atoms with Gasteiger partial charge in [-0.25, -0.2) is 4.98 Å². The number of amides is 1. The fraction of sp³-hybridized carbons (Fsp3) is 0.458. The van der Waals surface area contributed by atoms with Crippen LogP contribution in [-0.4, -0.2) is 52.1 Å². The van der Waals surface area contributed by atoms with Crippen LogP contribution in [0.1, 0.15) is 38.5 Å². The summed E-state index contributed by atoms with van der Waals surface area (Å²) < 4.78 is 8.42. The number of nitrogens with zero attached hydrogens (tertiary/aromatic N) is 4. The molecule has 0 spiro atoms. The third-order valence-corrected chi connectivity index (χ3v) is 8.37. The number of benzene rings is 1. The highest BCUT2D eigenvalue weighted by atomic mass is 32.1. The maximum absolute atomic E-state index is 13.1. The SMILES string of the molecule is CN1[C@@H]2CC[C@H]1CC(Oc1ccc(-n3cnc4cc(N5CCCC5=O)sc4c3=O)cc1)C2. The van der Waals surface area contributed by atoms with Gasteiger partial charge in [0.1, 0.15) is 27.9 Å². The van der Waals surface area contributed by atoms with E-state index in [-0.39, 0.29) is 17.6 Å². The van der Waals surface area contributed by atoms with Gasteiger partial charge in [0.15, 0.2) is 0 Å². The second-order valence-corrected chi connectivity index (χ2v) is 10.2. The summed E-state index contributed by atoms with van der Waals surface area (Å²) in [5, 5.41) is 0.806. The molecule has 0 aliphatic carbocycles. The number of fused-ring (bicyclic) bond motifs is 3. The van der Waals surface area contributed by atoms with E-state index in [1.54, 1.807) is 15.8 Å². The van der Waals surface area contributed by atoms with Crippen LogP contribution in [0.25, 0.3) is 15.9 Å². The van der Waals surface area contributed by atoms with Crippen molar-refractivity contribution in [2.24, 2.45) is 0 Å². The molecule has 32 heavy (non-hydrogen) atoms. The van der Waals surface area contributed by atoms with Gasteiger partial charge in [0, 0.05) is 25.0 Å². The molecule has 1 unspecified atom stereocenters. The van der Waals surface area contributed by atoms with Gasteiger partial charge < -0.3 is 14.5 Å². The lowest BCUT2D eigenvalue weighted by atomic mass is 10.0. The number of hydrogen-bond acceptors (Lipinski definition) is 6. The Labute approximate surface area is 190 Å². The van der Waals surface area contributed by atoms with E-state index in [4.69, 9.17) is 4.74 Å². The van der Waals surface area contributed by atoms with Crippen molar-refractivity contribution >= 4 is 32.5 Å². The van der Waals surface area contributed by atoms with Crippen molar-refractivity contribution in [3.8, 4) is 11.4 Å². The largest absolute Gasteiger partial charge is 0.490 e. The lowest BCUT2D eigenvalue weighted by molar-refractivity contribution is -0.117. The minimum absolute atomic E-state index is 0.113. The Balaban J connectivity index is 1.23. The predicted molar refractivity (Wildman–Crippen MR) is 125 cm³/mol. The minimum Gasteiger partial charge on any atom is -0.490 e. The molecule has 7 nitrogen and oxygen atoms in total. The molecule has 2 bridgehead atoms. The van der Waals surface area contributed by atoms with Crippen molar-refractivity contribution < 1.29 is 9.53 Å². The highest BCUT2D eigenvalue weighted by molar-refractivity contribution is 7.22. The van der Waals surface area contributed by atoms with Gasteiger partial charge in [-0.15, -0.1) is 11.3 Å². The fourth-order valence-electron chi connectivity index (χ4n) is 5.43. The van der Waals surface area contributed by atoms with E-state index in [9.17, 15) is 9.59 Å². The van der Waals surface area contributed by atoms with Crippen molar-refractivity contribution in [2.45, 2.75) is 56.7 Å². The molecule has 8 heteroatoms. The summed E-state index contributed by atoms with van der Waals surface area (Å²) in [5.41, 5.74) is 1.29. The van der Waals surface area contributed by atoms with E-state index < -0.39 is 0 Å². The lowest BCUT2D eigenvalue weighted by Crippen LogP contribution is -2.43. The number of carbonyl (C=O) groups excluding carboxylic acids is 1. The number of piperidine rings is 1. The van der Waals surface area contributed by atoms with Crippen molar-refractivity contribution in [1.29, 1.82) is 0 Å². The average molecular weight is 451 g/mol. The van der Waals surface area contributed by atoms with Crippen LogP contribution in [-0.2, 0) is 4.79 Å². The number of carbonyl (C=O) groups is 1. The average Bonchev–Trinajstić information content (AvgIpc) is 3.45. The maximum Gasteiger partial charge on any atom is 0.275 e. The zero-order valence-corrected chi connectivity index (χ0v) is 18.9. The summed E-state index contributed by atoms with van der Waals surface area (Å²) in [6, 6.07) is 10.8. The molecule has 1 aromatic carbocycles. The summed E-state index contributed by atoms with van der Waals surface area (Å²) in [7, 11) is 2.23. The third kappa shape index (κ3) is 3.33. The smallest absolute Gasteiger partial charge is 0.275 e. The molecule has 6 rings (SSSR count). The molecule has 3 saturated heterocycles. The Morgan fingerprint density at radius 2 is 1.84 bits per heavy atom. The van der Waals surface area contributed by atoms with Crippen LogP contribution >= 0.6 is 11.3 Å². The first kappa shape index (κ1) is 19.9. The molecule has 3 atom stereocenters. The predicted octanol–water partition coefficient (Wildman–Crippen LogP) is 3.58. The van der Waals surface area contributed by atoms with E-state index in [0.29, 0.717) is 35.3 Å². The van der Waals surface area contributed by atoms with Crippen LogP contribution < -0.4 is 15.2 Å². The number of aromatic nitrogens is 2. The number of thiophene rings is 1. The third-order valence-electron chi connectivity index (χ3n) is 7.24. The molecule has 3 aromatic rings. The number of rotatable bonds is 4. The summed E-state index contributed by atoms with van der Waals surface area (Å²) in [5.74, 6) is 0.959. The molecule has 5 heterocycles.